The molecule has 0 saturated heterocycles. The standard InChI is InChI=1S/C12H18N2/c1-2-3-7-14-10-12-6-4-5-11(8-12)9-13/h2,4-6,8,14H,1,3,7,9-10,13H2. The van der Waals surface area contributed by atoms with E-state index in [1.165, 1.54) is 11.1 Å². The van der Waals surface area contributed by atoms with Crippen LogP contribution in [0, 0.1) is 0 Å². The highest BCUT2D eigenvalue weighted by molar-refractivity contribution is 5.23. The van der Waals surface area contributed by atoms with E-state index in [4.69, 9.17) is 5.73 Å². The second-order valence-electron chi connectivity index (χ2n) is 3.28. The Morgan fingerprint density at radius 2 is 2.14 bits per heavy atom. The fourth-order valence-corrected chi connectivity index (χ4v) is 1.30. The number of hydrogen-bond acceptors (Lipinski definition) is 2. The molecule has 0 aliphatic heterocycles. The summed E-state index contributed by atoms with van der Waals surface area (Å²) in [6, 6.07) is 8.35. The van der Waals surface area contributed by atoms with Crippen LogP contribution in [0.25, 0.3) is 0 Å². The number of nitrogens with two attached hydrogens (primary N) is 1. The van der Waals surface area contributed by atoms with Gasteiger partial charge < -0.3 is 11.1 Å². The molecule has 0 bridgehead atoms. The highest BCUT2D eigenvalue weighted by atomic mass is 14.8. The van der Waals surface area contributed by atoms with E-state index >= 15 is 0 Å². The molecular formula is C12H18N2. The molecule has 0 unspecified atom stereocenters. The quantitative estimate of drug-likeness (QED) is 0.530. The van der Waals surface area contributed by atoms with Gasteiger partial charge in [0.05, 0.1) is 0 Å². The third-order valence-electron chi connectivity index (χ3n) is 2.08. The number of nitrogens with one attached hydrogen (secondary N) is 1. The average molecular weight is 190 g/mol. The van der Waals surface area contributed by atoms with Gasteiger partial charge in [-0.2, -0.15) is 0 Å². The van der Waals surface area contributed by atoms with Crippen molar-refractivity contribution < 1.29 is 0 Å². The molecule has 0 amide bonds. The van der Waals surface area contributed by atoms with Gasteiger partial charge in [-0.05, 0) is 24.1 Å². The van der Waals surface area contributed by atoms with Crippen LogP contribution in [0.4, 0.5) is 0 Å². The van der Waals surface area contributed by atoms with E-state index in [0.717, 1.165) is 19.5 Å². The van der Waals surface area contributed by atoms with E-state index in [1.54, 1.807) is 0 Å². The second-order valence-corrected chi connectivity index (χ2v) is 3.28. The first-order valence-corrected chi connectivity index (χ1v) is 4.96. The summed E-state index contributed by atoms with van der Waals surface area (Å²) < 4.78 is 0. The molecule has 0 radical (unpaired) electrons. The Labute approximate surface area is 85.8 Å². The molecule has 1 aromatic rings. The minimum atomic E-state index is 0.612. The maximum atomic E-state index is 5.56. The van der Waals surface area contributed by atoms with Crippen LogP contribution >= 0.6 is 0 Å². The molecular weight excluding hydrogens is 172 g/mol. The minimum Gasteiger partial charge on any atom is -0.326 e. The molecule has 0 saturated carbocycles. The highest BCUT2D eigenvalue weighted by Gasteiger charge is 1.93. The molecule has 1 aromatic carbocycles. The summed E-state index contributed by atoms with van der Waals surface area (Å²) in [4.78, 5) is 0. The van der Waals surface area contributed by atoms with Gasteiger partial charge in [-0.1, -0.05) is 30.3 Å². The maximum Gasteiger partial charge on any atom is 0.0205 e. The third kappa shape index (κ3) is 3.73. The smallest absolute Gasteiger partial charge is 0.0205 e. The molecule has 0 atom stereocenters. The van der Waals surface area contributed by atoms with Crippen molar-refractivity contribution in [2.24, 2.45) is 5.73 Å². The molecule has 3 N–H and O–H groups in total. The van der Waals surface area contributed by atoms with E-state index in [2.05, 4.69) is 24.0 Å². The SMILES string of the molecule is C=CCCNCc1cccc(CN)c1. The van der Waals surface area contributed by atoms with Crippen LogP contribution in [0.1, 0.15) is 17.5 Å². The normalized spacial score (nSPS) is 10.1. The number of benzene rings is 1. The summed E-state index contributed by atoms with van der Waals surface area (Å²) in [6.45, 7) is 6.17. The Morgan fingerprint density at radius 1 is 1.36 bits per heavy atom. The first-order chi connectivity index (χ1) is 6.86. The summed E-state index contributed by atoms with van der Waals surface area (Å²) in [6.07, 6.45) is 2.93. The van der Waals surface area contributed by atoms with Crippen molar-refractivity contribution in [2.75, 3.05) is 6.54 Å². The largest absolute Gasteiger partial charge is 0.326 e. The van der Waals surface area contributed by atoms with E-state index in [9.17, 15) is 0 Å². The Balaban J connectivity index is 2.38. The van der Waals surface area contributed by atoms with Gasteiger partial charge >= 0.3 is 0 Å². The van der Waals surface area contributed by atoms with Gasteiger partial charge in [-0.15, -0.1) is 6.58 Å². The molecule has 2 heteroatoms. The molecule has 1 rings (SSSR count). The van der Waals surface area contributed by atoms with Crippen LogP contribution in [-0.4, -0.2) is 6.54 Å². The van der Waals surface area contributed by atoms with E-state index in [1.807, 2.05) is 18.2 Å². The lowest BCUT2D eigenvalue weighted by molar-refractivity contribution is 0.695. The lowest BCUT2D eigenvalue weighted by Crippen LogP contribution is -2.14. The Hall–Kier alpha value is -1.12. The van der Waals surface area contributed by atoms with Crippen LogP contribution in [0.5, 0.6) is 0 Å². The highest BCUT2D eigenvalue weighted by Crippen LogP contribution is 2.03. The molecule has 0 aliphatic carbocycles. The predicted octanol–water partition coefficient (Wildman–Crippen LogP) is 1.81. The number of rotatable bonds is 6. The summed E-state index contributed by atoms with van der Waals surface area (Å²) in [5.41, 5.74) is 8.04. The fourth-order valence-electron chi connectivity index (χ4n) is 1.30. The van der Waals surface area contributed by atoms with Crippen LogP contribution < -0.4 is 11.1 Å². The summed E-state index contributed by atoms with van der Waals surface area (Å²) in [5, 5.41) is 3.34. The average Bonchev–Trinajstić information content (AvgIpc) is 2.25. The van der Waals surface area contributed by atoms with Crippen LogP contribution in [0.3, 0.4) is 0 Å². The molecule has 76 valence electrons. The van der Waals surface area contributed by atoms with Gasteiger partial charge in [0.25, 0.3) is 0 Å². The van der Waals surface area contributed by atoms with Crippen molar-refractivity contribution in [3.8, 4) is 0 Å². The zero-order chi connectivity index (χ0) is 10.2. The first kappa shape index (κ1) is 11.0. The van der Waals surface area contributed by atoms with Gasteiger partial charge in [0.1, 0.15) is 0 Å². The molecule has 0 aliphatic rings. The van der Waals surface area contributed by atoms with Crippen molar-refractivity contribution in [1.82, 2.24) is 5.32 Å². The van der Waals surface area contributed by atoms with E-state index in [0.29, 0.717) is 6.54 Å². The molecule has 14 heavy (non-hydrogen) atoms. The zero-order valence-corrected chi connectivity index (χ0v) is 8.50. The zero-order valence-electron chi connectivity index (χ0n) is 8.50. The molecule has 0 aromatic heterocycles. The molecule has 0 heterocycles. The minimum absolute atomic E-state index is 0.612. The molecule has 0 fully saturated rings. The Morgan fingerprint density at radius 3 is 2.86 bits per heavy atom. The van der Waals surface area contributed by atoms with E-state index in [-0.39, 0.29) is 0 Å². The van der Waals surface area contributed by atoms with Crippen molar-refractivity contribution in [3.05, 3.63) is 48.0 Å². The van der Waals surface area contributed by atoms with Crippen LogP contribution in [-0.2, 0) is 13.1 Å². The summed E-state index contributed by atoms with van der Waals surface area (Å²) in [7, 11) is 0. The predicted molar refractivity (Wildman–Crippen MR) is 60.9 cm³/mol. The van der Waals surface area contributed by atoms with Gasteiger partial charge in [0.2, 0.25) is 0 Å². The van der Waals surface area contributed by atoms with Crippen molar-refractivity contribution in [3.63, 3.8) is 0 Å². The van der Waals surface area contributed by atoms with Crippen molar-refractivity contribution >= 4 is 0 Å². The topological polar surface area (TPSA) is 38.0 Å². The van der Waals surface area contributed by atoms with Gasteiger partial charge in [-0.3, -0.25) is 0 Å². The molecule has 2 nitrogen and oxygen atoms in total. The molecule has 0 spiro atoms. The van der Waals surface area contributed by atoms with Gasteiger partial charge in [0, 0.05) is 13.1 Å². The Bertz CT molecular complexity index is 281. The van der Waals surface area contributed by atoms with Gasteiger partial charge in [-0.25, -0.2) is 0 Å². The monoisotopic (exact) mass is 190 g/mol. The first-order valence-electron chi connectivity index (χ1n) is 4.96. The fraction of sp³-hybridized carbons (Fsp3) is 0.333. The number of hydrogen-bond donors (Lipinski definition) is 2. The summed E-state index contributed by atoms with van der Waals surface area (Å²) in [5.74, 6) is 0. The van der Waals surface area contributed by atoms with Crippen LogP contribution in [0.2, 0.25) is 0 Å². The second kappa shape index (κ2) is 6.35. The maximum absolute atomic E-state index is 5.56. The Kier molecular flexibility index (Phi) is 4.97. The lowest BCUT2D eigenvalue weighted by atomic mass is 10.1. The summed E-state index contributed by atoms with van der Waals surface area (Å²) >= 11 is 0. The van der Waals surface area contributed by atoms with Crippen molar-refractivity contribution in [2.45, 2.75) is 19.5 Å². The van der Waals surface area contributed by atoms with E-state index < -0.39 is 0 Å². The van der Waals surface area contributed by atoms with Crippen molar-refractivity contribution in [1.29, 1.82) is 0 Å². The third-order valence-corrected chi connectivity index (χ3v) is 2.08. The van der Waals surface area contributed by atoms with Crippen LogP contribution in [0.15, 0.2) is 36.9 Å². The van der Waals surface area contributed by atoms with Gasteiger partial charge in [0.15, 0.2) is 0 Å². The lowest BCUT2D eigenvalue weighted by Gasteiger charge is -2.04.